The van der Waals surface area contributed by atoms with Crippen molar-refractivity contribution in [3.63, 3.8) is 0 Å². The van der Waals surface area contributed by atoms with Gasteiger partial charge in [0, 0.05) is 31.0 Å². The number of nitrogens with one attached hydrogen (secondary N) is 1. The minimum absolute atomic E-state index is 0.0720. The molecule has 1 amide bonds. The summed E-state index contributed by atoms with van der Waals surface area (Å²) in [5.41, 5.74) is 1.66. The number of hydrogen-bond acceptors (Lipinski definition) is 7. The van der Waals surface area contributed by atoms with E-state index in [1.165, 1.54) is 17.1 Å². The standard InChI is InChI=1S/C21H22N4O7S/c1-33(31,32)23-15-11-9-14(10-12-15)17-13-19(16-5-2-3-6-18(16)25(29)30)24(22-17)20(26)7-4-8-21(27)28/h2-3,5-6,9-12,19,23H,4,7-8,13H2,1H3,(H,27,28)/t19-/m1/s1. The number of anilines is 1. The number of nitrogens with zero attached hydrogens (tertiary/aromatic N) is 3. The number of sulfonamides is 1. The number of benzene rings is 2. The molecule has 1 heterocycles. The molecule has 33 heavy (non-hydrogen) atoms. The van der Waals surface area contributed by atoms with E-state index in [0.29, 0.717) is 22.5 Å². The van der Waals surface area contributed by atoms with Gasteiger partial charge in [0.25, 0.3) is 5.69 Å². The summed E-state index contributed by atoms with van der Waals surface area (Å²) >= 11 is 0. The van der Waals surface area contributed by atoms with Gasteiger partial charge in [-0.05, 0) is 30.2 Å². The molecule has 0 aromatic heterocycles. The van der Waals surface area contributed by atoms with Gasteiger partial charge in [0.05, 0.1) is 28.5 Å². The number of nitro benzene ring substituents is 1. The topological polar surface area (TPSA) is 159 Å². The number of rotatable bonds is 9. The maximum absolute atomic E-state index is 12.9. The second-order valence-electron chi connectivity index (χ2n) is 7.52. The fourth-order valence-corrected chi connectivity index (χ4v) is 4.11. The van der Waals surface area contributed by atoms with E-state index in [0.717, 1.165) is 6.26 Å². The van der Waals surface area contributed by atoms with Gasteiger partial charge in [-0.25, -0.2) is 13.4 Å². The molecule has 1 aliphatic heterocycles. The highest BCUT2D eigenvalue weighted by atomic mass is 32.2. The molecule has 11 nitrogen and oxygen atoms in total. The largest absolute Gasteiger partial charge is 0.481 e. The fourth-order valence-electron chi connectivity index (χ4n) is 3.54. The zero-order valence-electron chi connectivity index (χ0n) is 17.7. The number of carboxylic acid groups (broad SMARTS) is 1. The molecule has 0 unspecified atom stereocenters. The van der Waals surface area contributed by atoms with Crippen molar-refractivity contribution >= 4 is 39.0 Å². The van der Waals surface area contributed by atoms with E-state index in [1.54, 1.807) is 36.4 Å². The monoisotopic (exact) mass is 474 g/mol. The summed E-state index contributed by atoms with van der Waals surface area (Å²) in [5.74, 6) is -1.46. The van der Waals surface area contributed by atoms with Gasteiger partial charge in [0.15, 0.2) is 0 Å². The molecule has 2 aromatic carbocycles. The highest BCUT2D eigenvalue weighted by Crippen LogP contribution is 2.37. The van der Waals surface area contributed by atoms with E-state index in [2.05, 4.69) is 9.82 Å². The summed E-state index contributed by atoms with van der Waals surface area (Å²) in [6.45, 7) is 0. The number of amides is 1. The first-order valence-corrected chi connectivity index (χ1v) is 11.9. The molecule has 0 saturated carbocycles. The van der Waals surface area contributed by atoms with Gasteiger partial charge in [-0.3, -0.25) is 24.4 Å². The van der Waals surface area contributed by atoms with Crippen molar-refractivity contribution in [2.24, 2.45) is 5.10 Å². The fraction of sp³-hybridized carbons (Fsp3) is 0.286. The molecule has 2 N–H and O–H groups in total. The molecule has 0 aliphatic carbocycles. The lowest BCUT2D eigenvalue weighted by atomic mass is 9.97. The van der Waals surface area contributed by atoms with E-state index in [4.69, 9.17) is 5.11 Å². The van der Waals surface area contributed by atoms with Crippen LogP contribution in [0.2, 0.25) is 0 Å². The summed E-state index contributed by atoms with van der Waals surface area (Å²) in [6.07, 6.45) is 1.10. The summed E-state index contributed by atoms with van der Waals surface area (Å²) in [6, 6.07) is 11.7. The SMILES string of the molecule is CS(=O)(=O)Nc1ccc(C2=NN(C(=O)CCCC(=O)O)[C@@H](c3ccccc3[N+](=O)[O-])C2)cc1. The number of nitro groups is 1. The van der Waals surface area contributed by atoms with Crippen molar-refractivity contribution in [3.8, 4) is 0 Å². The molecule has 12 heteroatoms. The number of hydrazone groups is 1. The summed E-state index contributed by atoms with van der Waals surface area (Å²) in [5, 5.41) is 26.0. The average Bonchev–Trinajstić information content (AvgIpc) is 3.18. The number of aliphatic carboxylic acids is 1. The molecule has 0 spiro atoms. The lowest BCUT2D eigenvalue weighted by Gasteiger charge is -2.21. The van der Waals surface area contributed by atoms with E-state index < -0.39 is 32.9 Å². The van der Waals surface area contributed by atoms with Gasteiger partial charge < -0.3 is 5.11 Å². The Morgan fingerprint density at radius 2 is 1.85 bits per heavy atom. The molecular weight excluding hydrogens is 452 g/mol. The highest BCUT2D eigenvalue weighted by molar-refractivity contribution is 7.92. The normalized spacial score (nSPS) is 15.7. The maximum atomic E-state index is 12.9. The van der Waals surface area contributed by atoms with Crippen LogP contribution in [0.5, 0.6) is 0 Å². The summed E-state index contributed by atoms with van der Waals surface area (Å²) in [4.78, 5) is 34.7. The summed E-state index contributed by atoms with van der Waals surface area (Å²) in [7, 11) is -3.44. The van der Waals surface area contributed by atoms with Crippen LogP contribution < -0.4 is 4.72 Å². The first-order valence-electron chi connectivity index (χ1n) is 9.98. The van der Waals surface area contributed by atoms with Crippen LogP contribution in [0.1, 0.15) is 42.9 Å². The van der Waals surface area contributed by atoms with Gasteiger partial charge in [-0.15, -0.1) is 0 Å². The Bertz CT molecular complexity index is 1210. The Hall–Kier alpha value is -3.80. The number of carboxylic acids is 1. The molecule has 2 aromatic rings. The quantitative estimate of drug-likeness (QED) is 0.417. The van der Waals surface area contributed by atoms with Gasteiger partial charge in [-0.1, -0.05) is 24.3 Å². The zero-order chi connectivity index (χ0) is 24.2. The minimum Gasteiger partial charge on any atom is -0.481 e. The van der Waals surface area contributed by atoms with Gasteiger partial charge in [0.2, 0.25) is 15.9 Å². The van der Waals surface area contributed by atoms with E-state index >= 15 is 0 Å². The number of para-hydroxylation sites is 1. The molecule has 1 atom stereocenters. The van der Waals surface area contributed by atoms with Crippen molar-refractivity contribution in [3.05, 3.63) is 69.8 Å². The lowest BCUT2D eigenvalue weighted by molar-refractivity contribution is -0.385. The Labute approximate surface area is 189 Å². The Morgan fingerprint density at radius 3 is 2.45 bits per heavy atom. The van der Waals surface area contributed by atoms with Gasteiger partial charge >= 0.3 is 5.97 Å². The van der Waals surface area contributed by atoms with Crippen molar-refractivity contribution in [1.82, 2.24) is 5.01 Å². The van der Waals surface area contributed by atoms with Crippen molar-refractivity contribution in [2.45, 2.75) is 31.7 Å². The molecule has 0 saturated heterocycles. The van der Waals surface area contributed by atoms with Crippen LogP contribution in [0.25, 0.3) is 0 Å². The van der Waals surface area contributed by atoms with Crippen LogP contribution in [-0.4, -0.2) is 47.3 Å². The second-order valence-corrected chi connectivity index (χ2v) is 9.27. The van der Waals surface area contributed by atoms with Crippen LogP contribution in [0, 0.1) is 10.1 Å². The number of hydrogen-bond donors (Lipinski definition) is 2. The molecule has 3 rings (SSSR count). The molecule has 174 valence electrons. The van der Waals surface area contributed by atoms with E-state index in [1.807, 2.05) is 0 Å². The van der Waals surface area contributed by atoms with Crippen LogP contribution in [0.15, 0.2) is 53.6 Å². The first kappa shape index (κ1) is 23.9. The zero-order valence-corrected chi connectivity index (χ0v) is 18.5. The van der Waals surface area contributed by atoms with Crippen molar-refractivity contribution in [2.75, 3.05) is 11.0 Å². The Morgan fingerprint density at radius 1 is 1.18 bits per heavy atom. The third-order valence-electron chi connectivity index (χ3n) is 4.96. The Balaban J connectivity index is 1.92. The predicted octanol–water partition coefficient (Wildman–Crippen LogP) is 2.90. The Kier molecular flexibility index (Phi) is 7.07. The first-order chi connectivity index (χ1) is 15.5. The lowest BCUT2D eigenvalue weighted by Crippen LogP contribution is -2.27. The smallest absolute Gasteiger partial charge is 0.303 e. The van der Waals surface area contributed by atoms with Crippen molar-refractivity contribution in [1.29, 1.82) is 0 Å². The minimum atomic E-state index is -3.44. The molecule has 0 bridgehead atoms. The predicted molar refractivity (Wildman–Crippen MR) is 120 cm³/mol. The molecule has 1 aliphatic rings. The van der Waals surface area contributed by atoms with Crippen LogP contribution in [-0.2, 0) is 19.6 Å². The second kappa shape index (κ2) is 9.77. The summed E-state index contributed by atoms with van der Waals surface area (Å²) < 4.78 is 25.2. The van der Waals surface area contributed by atoms with Crippen LogP contribution >= 0.6 is 0 Å². The molecule has 0 radical (unpaired) electrons. The highest BCUT2D eigenvalue weighted by Gasteiger charge is 2.36. The molecular formula is C21H22N4O7S. The van der Waals surface area contributed by atoms with Gasteiger partial charge in [0.1, 0.15) is 0 Å². The van der Waals surface area contributed by atoms with E-state index in [-0.39, 0.29) is 31.4 Å². The van der Waals surface area contributed by atoms with Crippen molar-refractivity contribution < 1.29 is 28.0 Å². The third kappa shape index (κ3) is 6.13. The van der Waals surface area contributed by atoms with Crippen LogP contribution in [0.3, 0.4) is 0 Å². The number of carbonyl (C=O) groups is 2. The maximum Gasteiger partial charge on any atom is 0.303 e. The number of carbonyl (C=O) groups excluding carboxylic acids is 1. The van der Waals surface area contributed by atoms with Gasteiger partial charge in [-0.2, -0.15) is 5.10 Å². The van der Waals surface area contributed by atoms with E-state index in [9.17, 15) is 28.1 Å². The molecule has 0 fully saturated rings. The third-order valence-corrected chi connectivity index (χ3v) is 5.57. The van der Waals surface area contributed by atoms with Crippen LogP contribution in [0.4, 0.5) is 11.4 Å². The average molecular weight is 474 g/mol.